The lowest BCUT2D eigenvalue weighted by atomic mass is 10.3. The van der Waals surface area contributed by atoms with Gasteiger partial charge in [-0.15, -0.1) is 0 Å². The van der Waals surface area contributed by atoms with Crippen LogP contribution in [-0.2, 0) is 0 Å². The molecule has 0 aliphatic heterocycles. The van der Waals surface area contributed by atoms with Crippen LogP contribution in [0.2, 0.25) is 0 Å². The SMILES string of the molecule is C=C(C)C=Nc1ccccc1. The summed E-state index contributed by atoms with van der Waals surface area (Å²) >= 11 is 0. The fourth-order valence-electron chi connectivity index (χ4n) is 0.699. The number of nitrogens with zero attached hydrogens (tertiary/aromatic N) is 1. The summed E-state index contributed by atoms with van der Waals surface area (Å²) in [5.41, 5.74) is 1.93. The largest absolute Gasteiger partial charge is 0.257 e. The Morgan fingerprint density at radius 3 is 2.55 bits per heavy atom. The molecule has 1 aromatic carbocycles. The lowest BCUT2D eigenvalue weighted by Crippen LogP contribution is -1.71. The zero-order chi connectivity index (χ0) is 8.10. The smallest absolute Gasteiger partial charge is 0.0629 e. The minimum atomic E-state index is 0.967. The maximum atomic E-state index is 4.18. The number of benzene rings is 1. The monoisotopic (exact) mass is 145 g/mol. The van der Waals surface area contributed by atoms with Crippen LogP contribution in [-0.4, -0.2) is 6.21 Å². The Bertz CT molecular complexity index is 259. The van der Waals surface area contributed by atoms with Gasteiger partial charge in [0.2, 0.25) is 0 Å². The molecule has 0 N–H and O–H groups in total. The van der Waals surface area contributed by atoms with Gasteiger partial charge in [0, 0.05) is 6.21 Å². The van der Waals surface area contributed by atoms with Crippen LogP contribution in [0.4, 0.5) is 5.69 Å². The van der Waals surface area contributed by atoms with E-state index in [1.807, 2.05) is 37.3 Å². The molecule has 1 aromatic rings. The van der Waals surface area contributed by atoms with Gasteiger partial charge in [0.15, 0.2) is 0 Å². The first-order chi connectivity index (χ1) is 5.29. The van der Waals surface area contributed by atoms with Crippen LogP contribution in [0.5, 0.6) is 0 Å². The van der Waals surface area contributed by atoms with Gasteiger partial charge in [-0.25, -0.2) is 0 Å². The van der Waals surface area contributed by atoms with Gasteiger partial charge in [0.1, 0.15) is 0 Å². The summed E-state index contributed by atoms with van der Waals surface area (Å²) in [4.78, 5) is 4.18. The van der Waals surface area contributed by atoms with Crippen LogP contribution in [0.1, 0.15) is 6.92 Å². The van der Waals surface area contributed by atoms with E-state index in [1.165, 1.54) is 0 Å². The molecule has 0 heterocycles. The van der Waals surface area contributed by atoms with Crippen molar-refractivity contribution in [2.24, 2.45) is 4.99 Å². The first-order valence-electron chi connectivity index (χ1n) is 3.53. The minimum absolute atomic E-state index is 0.967. The number of rotatable bonds is 2. The summed E-state index contributed by atoms with van der Waals surface area (Å²) < 4.78 is 0. The minimum Gasteiger partial charge on any atom is -0.257 e. The molecule has 11 heavy (non-hydrogen) atoms. The van der Waals surface area contributed by atoms with Crippen molar-refractivity contribution in [3.05, 3.63) is 42.5 Å². The van der Waals surface area contributed by atoms with Crippen LogP contribution in [0.25, 0.3) is 0 Å². The molecule has 0 bridgehead atoms. The molecule has 0 atom stereocenters. The fraction of sp³-hybridized carbons (Fsp3) is 0.100. The van der Waals surface area contributed by atoms with Gasteiger partial charge >= 0.3 is 0 Å². The quantitative estimate of drug-likeness (QED) is 0.567. The third kappa shape index (κ3) is 2.80. The summed E-state index contributed by atoms with van der Waals surface area (Å²) in [5.74, 6) is 0. The Hall–Kier alpha value is -1.37. The lowest BCUT2D eigenvalue weighted by Gasteiger charge is -1.89. The van der Waals surface area contributed by atoms with Crippen molar-refractivity contribution < 1.29 is 0 Å². The van der Waals surface area contributed by atoms with E-state index in [1.54, 1.807) is 6.21 Å². The molecule has 0 aromatic heterocycles. The number of hydrogen-bond acceptors (Lipinski definition) is 1. The Kier molecular flexibility index (Phi) is 2.61. The second-order valence-electron chi connectivity index (χ2n) is 2.44. The summed E-state index contributed by atoms with van der Waals surface area (Å²) in [7, 11) is 0. The van der Waals surface area contributed by atoms with Crippen molar-refractivity contribution in [3.8, 4) is 0 Å². The van der Waals surface area contributed by atoms with Crippen molar-refractivity contribution in [1.29, 1.82) is 0 Å². The average Bonchev–Trinajstić information content (AvgIpc) is 2.03. The normalized spacial score (nSPS) is 10.3. The first kappa shape index (κ1) is 7.73. The van der Waals surface area contributed by atoms with Gasteiger partial charge in [0.25, 0.3) is 0 Å². The van der Waals surface area contributed by atoms with Gasteiger partial charge in [-0.2, -0.15) is 0 Å². The highest BCUT2D eigenvalue weighted by Gasteiger charge is 1.81. The van der Waals surface area contributed by atoms with Gasteiger partial charge in [-0.3, -0.25) is 4.99 Å². The highest BCUT2D eigenvalue weighted by molar-refractivity contribution is 5.79. The Morgan fingerprint density at radius 2 is 2.00 bits per heavy atom. The maximum absolute atomic E-state index is 4.18. The van der Waals surface area contributed by atoms with Gasteiger partial charge in [-0.05, 0) is 24.6 Å². The predicted octanol–water partition coefficient (Wildman–Crippen LogP) is 2.97. The molecule has 0 spiro atoms. The molecule has 0 radical (unpaired) electrons. The highest BCUT2D eigenvalue weighted by atomic mass is 14.7. The van der Waals surface area contributed by atoms with Crippen molar-refractivity contribution in [3.63, 3.8) is 0 Å². The van der Waals surface area contributed by atoms with E-state index in [0.29, 0.717) is 0 Å². The van der Waals surface area contributed by atoms with E-state index in [2.05, 4.69) is 11.6 Å². The molecule has 0 fully saturated rings. The lowest BCUT2D eigenvalue weighted by molar-refractivity contribution is 1.52. The summed E-state index contributed by atoms with van der Waals surface area (Å²) in [5, 5.41) is 0. The summed E-state index contributed by atoms with van der Waals surface area (Å²) in [6.45, 7) is 5.64. The predicted molar refractivity (Wildman–Crippen MR) is 49.4 cm³/mol. The van der Waals surface area contributed by atoms with Crippen molar-refractivity contribution in [2.75, 3.05) is 0 Å². The molecular weight excluding hydrogens is 134 g/mol. The third-order valence-electron chi connectivity index (χ3n) is 1.19. The molecule has 1 heteroatoms. The van der Waals surface area contributed by atoms with Crippen LogP contribution in [0.3, 0.4) is 0 Å². The van der Waals surface area contributed by atoms with Crippen molar-refractivity contribution in [1.82, 2.24) is 0 Å². The zero-order valence-corrected chi connectivity index (χ0v) is 6.62. The van der Waals surface area contributed by atoms with E-state index in [0.717, 1.165) is 11.3 Å². The average molecular weight is 145 g/mol. The Morgan fingerprint density at radius 1 is 1.36 bits per heavy atom. The van der Waals surface area contributed by atoms with Crippen LogP contribution in [0, 0.1) is 0 Å². The molecular formula is C10H11N. The standard InChI is InChI=1S/C10H11N/c1-9(2)8-11-10-6-4-3-5-7-10/h3-8H,1H2,2H3. The molecule has 56 valence electrons. The van der Waals surface area contributed by atoms with E-state index in [-0.39, 0.29) is 0 Å². The molecule has 0 amide bonds. The zero-order valence-electron chi connectivity index (χ0n) is 6.62. The second-order valence-corrected chi connectivity index (χ2v) is 2.44. The molecule has 0 saturated heterocycles. The van der Waals surface area contributed by atoms with Gasteiger partial charge < -0.3 is 0 Å². The number of para-hydroxylation sites is 1. The highest BCUT2D eigenvalue weighted by Crippen LogP contribution is 2.08. The number of aliphatic imine (C=N–C) groups is 1. The third-order valence-corrected chi connectivity index (χ3v) is 1.19. The maximum Gasteiger partial charge on any atom is 0.0629 e. The van der Waals surface area contributed by atoms with Crippen LogP contribution >= 0.6 is 0 Å². The molecule has 0 unspecified atom stereocenters. The van der Waals surface area contributed by atoms with Gasteiger partial charge in [-0.1, -0.05) is 24.8 Å². The Labute approximate surface area is 67.1 Å². The molecule has 1 rings (SSSR count). The molecule has 1 nitrogen and oxygen atoms in total. The number of hydrogen-bond donors (Lipinski definition) is 0. The topological polar surface area (TPSA) is 12.4 Å². The first-order valence-corrected chi connectivity index (χ1v) is 3.53. The van der Waals surface area contributed by atoms with Crippen LogP contribution < -0.4 is 0 Å². The number of allylic oxidation sites excluding steroid dienone is 1. The van der Waals surface area contributed by atoms with E-state index in [9.17, 15) is 0 Å². The fourth-order valence-corrected chi connectivity index (χ4v) is 0.699. The van der Waals surface area contributed by atoms with Gasteiger partial charge in [0.05, 0.1) is 5.69 Å². The molecule has 0 aliphatic rings. The van der Waals surface area contributed by atoms with Crippen LogP contribution in [0.15, 0.2) is 47.5 Å². The summed E-state index contributed by atoms with van der Waals surface area (Å²) in [6, 6.07) is 9.81. The molecule has 0 aliphatic carbocycles. The summed E-state index contributed by atoms with van der Waals surface area (Å²) in [6.07, 6.45) is 1.76. The van der Waals surface area contributed by atoms with E-state index in [4.69, 9.17) is 0 Å². The van der Waals surface area contributed by atoms with Crippen molar-refractivity contribution in [2.45, 2.75) is 6.92 Å². The second kappa shape index (κ2) is 3.71. The van der Waals surface area contributed by atoms with E-state index >= 15 is 0 Å². The Balaban J connectivity index is 2.72. The molecule has 0 saturated carbocycles. The van der Waals surface area contributed by atoms with Crippen molar-refractivity contribution >= 4 is 11.9 Å². The van der Waals surface area contributed by atoms with E-state index < -0.39 is 0 Å².